The summed E-state index contributed by atoms with van der Waals surface area (Å²) in [6, 6.07) is 12.5. The number of aliphatic hydroxyl groups is 1. The molecule has 20 heavy (non-hydrogen) atoms. The van der Waals surface area contributed by atoms with Crippen molar-refractivity contribution in [2.45, 2.75) is 24.6 Å². The van der Waals surface area contributed by atoms with Gasteiger partial charge in [-0.25, -0.2) is 0 Å². The summed E-state index contributed by atoms with van der Waals surface area (Å²) in [5, 5.41) is 13.5. The summed E-state index contributed by atoms with van der Waals surface area (Å²) >= 11 is 1.90. The van der Waals surface area contributed by atoms with Gasteiger partial charge in [-0.1, -0.05) is 18.2 Å². The molecule has 3 rings (SSSR count). The van der Waals surface area contributed by atoms with E-state index in [0.29, 0.717) is 0 Å². The number of thioether (sulfide) groups is 1. The van der Waals surface area contributed by atoms with Crippen LogP contribution in [0.5, 0.6) is 0 Å². The Labute approximate surface area is 123 Å². The third kappa shape index (κ3) is 3.23. The lowest BCUT2D eigenvalue weighted by Crippen LogP contribution is -2.35. The molecule has 0 radical (unpaired) electrons. The summed E-state index contributed by atoms with van der Waals surface area (Å²) in [4.78, 5) is 3.78. The first-order chi connectivity index (χ1) is 9.85. The summed E-state index contributed by atoms with van der Waals surface area (Å²) in [6.07, 6.45) is 0. The number of hydrogen-bond acceptors (Lipinski definition) is 4. The minimum atomic E-state index is 0.0316. The van der Waals surface area contributed by atoms with Crippen molar-refractivity contribution in [3.63, 3.8) is 0 Å². The van der Waals surface area contributed by atoms with Crippen LogP contribution in [-0.4, -0.2) is 38.6 Å². The molecule has 1 aromatic carbocycles. The van der Waals surface area contributed by atoms with E-state index < -0.39 is 0 Å². The smallest absolute Gasteiger partial charge is 0.0882 e. The maximum atomic E-state index is 9.13. The van der Waals surface area contributed by atoms with Gasteiger partial charge in [0.2, 0.25) is 0 Å². The van der Waals surface area contributed by atoms with Gasteiger partial charge >= 0.3 is 0 Å². The third-order valence-corrected chi connectivity index (χ3v) is 4.50. The highest BCUT2D eigenvalue weighted by atomic mass is 32.2. The Morgan fingerprint density at radius 1 is 1.20 bits per heavy atom. The van der Waals surface area contributed by atoms with Gasteiger partial charge in [0.1, 0.15) is 0 Å². The molecule has 0 saturated heterocycles. The van der Waals surface area contributed by atoms with Gasteiger partial charge in [-0.2, -0.15) is 5.10 Å². The van der Waals surface area contributed by atoms with Crippen molar-refractivity contribution >= 4 is 11.8 Å². The summed E-state index contributed by atoms with van der Waals surface area (Å²) in [5.41, 5.74) is 1.99. The molecule has 0 unspecified atom stereocenters. The van der Waals surface area contributed by atoms with Crippen molar-refractivity contribution in [1.82, 2.24) is 14.7 Å². The van der Waals surface area contributed by atoms with E-state index in [1.807, 2.05) is 22.5 Å². The molecule has 0 fully saturated rings. The molecule has 1 aromatic heterocycles. The monoisotopic (exact) mass is 289 g/mol. The minimum Gasteiger partial charge on any atom is -0.390 e. The fraction of sp³-hybridized carbons (Fsp3) is 0.400. The highest BCUT2D eigenvalue weighted by Gasteiger charge is 2.17. The van der Waals surface area contributed by atoms with E-state index in [1.54, 1.807) is 0 Å². The van der Waals surface area contributed by atoms with Crippen molar-refractivity contribution in [3.05, 3.63) is 47.8 Å². The van der Waals surface area contributed by atoms with Gasteiger partial charge in [-0.15, -0.1) is 11.8 Å². The zero-order chi connectivity index (χ0) is 13.8. The zero-order valence-corrected chi connectivity index (χ0v) is 12.2. The van der Waals surface area contributed by atoms with Crippen LogP contribution in [0.4, 0.5) is 0 Å². The van der Waals surface area contributed by atoms with Gasteiger partial charge < -0.3 is 5.11 Å². The Kier molecular flexibility index (Phi) is 4.40. The quantitative estimate of drug-likeness (QED) is 0.855. The minimum absolute atomic E-state index is 0.0316. The maximum Gasteiger partial charge on any atom is 0.0882 e. The van der Waals surface area contributed by atoms with E-state index in [0.717, 1.165) is 37.6 Å². The molecular weight excluding hydrogens is 270 g/mol. The molecule has 1 N–H and O–H groups in total. The topological polar surface area (TPSA) is 41.3 Å². The van der Waals surface area contributed by atoms with Crippen molar-refractivity contribution in [3.8, 4) is 0 Å². The van der Waals surface area contributed by atoms with E-state index in [9.17, 15) is 0 Å². The molecule has 2 heterocycles. The van der Waals surface area contributed by atoms with Gasteiger partial charge in [-0.05, 0) is 18.2 Å². The summed E-state index contributed by atoms with van der Waals surface area (Å²) < 4.78 is 2.02. The Morgan fingerprint density at radius 2 is 2.05 bits per heavy atom. The number of benzene rings is 1. The Hall–Kier alpha value is -1.30. The molecule has 0 atom stereocenters. The average molecular weight is 289 g/mol. The molecule has 0 spiro atoms. The third-order valence-electron chi connectivity index (χ3n) is 3.51. The van der Waals surface area contributed by atoms with Crippen molar-refractivity contribution in [1.29, 1.82) is 0 Å². The molecule has 1 aliphatic rings. The zero-order valence-electron chi connectivity index (χ0n) is 11.4. The van der Waals surface area contributed by atoms with Gasteiger partial charge in [0.15, 0.2) is 0 Å². The standard InChI is InChI=1S/C15H19N3OS/c19-12-13-10-14-11-17(6-7-18(14)16-13)8-9-20-15-4-2-1-3-5-15/h1-5,10,19H,6-9,11-12H2. The van der Waals surface area contributed by atoms with Crippen LogP contribution in [0, 0.1) is 0 Å². The van der Waals surface area contributed by atoms with Gasteiger partial charge in [0.05, 0.1) is 24.5 Å². The van der Waals surface area contributed by atoms with Crippen LogP contribution in [0.1, 0.15) is 11.4 Å². The highest BCUT2D eigenvalue weighted by molar-refractivity contribution is 7.99. The number of aromatic nitrogens is 2. The second kappa shape index (κ2) is 6.43. The molecule has 5 heteroatoms. The lowest BCUT2D eigenvalue weighted by molar-refractivity contribution is 0.224. The van der Waals surface area contributed by atoms with Crippen LogP contribution < -0.4 is 0 Å². The summed E-state index contributed by atoms with van der Waals surface area (Å²) in [5.74, 6) is 1.10. The molecule has 106 valence electrons. The van der Waals surface area contributed by atoms with E-state index >= 15 is 0 Å². The maximum absolute atomic E-state index is 9.13. The van der Waals surface area contributed by atoms with Crippen LogP contribution in [0.3, 0.4) is 0 Å². The first-order valence-electron chi connectivity index (χ1n) is 6.92. The van der Waals surface area contributed by atoms with E-state index in [4.69, 9.17) is 5.11 Å². The number of fused-ring (bicyclic) bond motifs is 1. The average Bonchev–Trinajstić information content (AvgIpc) is 2.91. The van der Waals surface area contributed by atoms with Crippen LogP contribution in [0.2, 0.25) is 0 Å². The van der Waals surface area contributed by atoms with Crippen molar-refractivity contribution in [2.75, 3.05) is 18.8 Å². The number of aliphatic hydroxyl groups excluding tert-OH is 1. The Balaban J connectivity index is 1.50. The highest BCUT2D eigenvalue weighted by Crippen LogP contribution is 2.19. The lowest BCUT2D eigenvalue weighted by atomic mass is 10.3. The lowest BCUT2D eigenvalue weighted by Gasteiger charge is -2.27. The fourth-order valence-corrected chi connectivity index (χ4v) is 3.39. The van der Waals surface area contributed by atoms with Crippen LogP contribution in [-0.2, 0) is 19.7 Å². The van der Waals surface area contributed by atoms with Crippen molar-refractivity contribution < 1.29 is 5.11 Å². The van der Waals surface area contributed by atoms with E-state index in [1.165, 1.54) is 10.6 Å². The van der Waals surface area contributed by atoms with Crippen LogP contribution in [0.25, 0.3) is 0 Å². The first-order valence-corrected chi connectivity index (χ1v) is 7.90. The first kappa shape index (κ1) is 13.7. The van der Waals surface area contributed by atoms with Gasteiger partial charge in [0, 0.05) is 30.3 Å². The normalized spacial score (nSPS) is 15.2. The van der Waals surface area contributed by atoms with Gasteiger partial charge in [0.25, 0.3) is 0 Å². The number of nitrogens with zero attached hydrogens (tertiary/aromatic N) is 3. The molecule has 0 aliphatic carbocycles. The molecule has 0 amide bonds. The van der Waals surface area contributed by atoms with E-state index in [2.05, 4.69) is 40.3 Å². The molecule has 2 aromatic rings. The Bertz CT molecular complexity index is 556. The van der Waals surface area contributed by atoms with E-state index in [-0.39, 0.29) is 6.61 Å². The largest absolute Gasteiger partial charge is 0.390 e. The molecule has 1 aliphatic heterocycles. The molecule has 0 saturated carbocycles. The second-order valence-corrected chi connectivity index (χ2v) is 6.11. The fourth-order valence-electron chi connectivity index (χ4n) is 2.46. The summed E-state index contributed by atoms with van der Waals surface area (Å²) in [6.45, 7) is 4.01. The number of hydrogen-bond donors (Lipinski definition) is 1. The molecule has 4 nitrogen and oxygen atoms in total. The summed E-state index contributed by atoms with van der Waals surface area (Å²) in [7, 11) is 0. The van der Waals surface area contributed by atoms with Crippen LogP contribution >= 0.6 is 11.8 Å². The second-order valence-electron chi connectivity index (χ2n) is 4.95. The van der Waals surface area contributed by atoms with Crippen LogP contribution in [0.15, 0.2) is 41.3 Å². The number of rotatable bonds is 5. The molecular formula is C15H19N3OS. The van der Waals surface area contributed by atoms with Crippen molar-refractivity contribution in [2.24, 2.45) is 0 Å². The van der Waals surface area contributed by atoms with Gasteiger partial charge in [-0.3, -0.25) is 9.58 Å². The SMILES string of the molecule is OCc1cc2n(n1)CCN(CCSc1ccccc1)C2. The predicted molar refractivity (Wildman–Crippen MR) is 80.6 cm³/mol. The molecule has 0 bridgehead atoms. The predicted octanol–water partition coefficient (Wildman–Crippen LogP) is 1.98. The Morgan fingerprint density at radius 3 is 2.85 bits per heavy atom.